The highest BCUT2D eigenvalue weighted by Gasteiger charge is 2.10. The Morgan fingerprint density at radius 2 is 2.62 bits per heavy atom. The Kier molecular flexibility index (Phi) is 1.87. The minimum Gasteiger partial charge on any atom is -0.315 e. The number of nitriles is 1. The van der Waals surface area contributed by atoms with E-state index in [0.29, 0.717) is 0 Å². The zero-order valence-electron chi connectivity index (χ0n) is 4.72. The summed E-state index contributed by atoms with van der Waals surface area (Å²) in [6.07, 6.45) is 3.11. The van der Waals surface area contributed by atoms with Gasteiger partial charge in [0.05, 0.1) is 12.0 Å². The van der Waals surface area contributed by atoms with Crippen molar-refractivity contribution in [1.29, 1.82) is 5.26 Å². The van der Waals surface area contributed by atoms with Crippen LogP contribution in [0.25, 0.3) is 0 Å². The van der Waals surface area contributed by atoms with Gasteiger partial charge in [-0.25, -0.2) is 0 Å². The van der Waals surface area contributed by atoms with Gasteiger partial charge in [0, 0.05) is 6.54 Å². The van der Waals surface area contributed by atoms with Crippen LogP contribution in [0.4, 0.5) is 0 Å². The zero-order valence-corrected chi connectivity index (χ0v) is 4.72. The van der Waals surface area contributed by atoms with Gasteiger partial charge in [0.2, 0.25) is 0 Å². The zero-order chi connectivity index (χ0) is 5.82. The summed E-state index contributed by atoms with van der Waals surface area (Å²) in [6.45, 7) is 1.88. The molecule has 0 amide bonds. The molecule has 0 bridgehead atoms. The Morgan fingerprint density at radius 1 is 1.75 bits per heavy atom. The molecule has 0 spiro atoms. The van der Waals surface area contributed by atoms with Gasteiger partial charge < -0.3 is 5.32 Å². The van der Waals surface area contributed by atoms with Crippen molar-refractivity contribution in [1.82, 2.24) is 5.32 Å². The first-order valence-corrected chi connectivity index (χ1v) is 2.87. The van der Waals surface area contributed by atoms with Crippen LogP contribution in [0, 0.1) is 23.7 Å². The van der Waals surface area contributed by atoms with Crippen LogP contribution < -0.4 is 5.32 Å². The molecule has 1 N–H and O–H groups in total. The van der Waals surface area contributed by atoms with E-state index in [2.05, 4.69) is 17.8 Å². The summed E-state index contributed by atoms with van der Waals surface area (Å²) >= 11 is 0. The highest BCUT2D eigenvalue weighted by atomic mass is 14.9. The Labute approximate surface area is 49.5 Å². The Hall–Kier alpha value is -0.550. The average molecular weight is 109 g/mol. The van der Waals surface area contributed by atoms with Crippen molar-refractivity contribution >= 4 is 0 Å². The molecule has 1 fully saturated rings. The molecule has 1 heterocycles. The topological polar surface area (TPSA) is 35.8 Å². The van der Waals surface area contributed by atoms with Crippen LogP contribution in [0.2, 0.25) is 0 Å². The molecule has 1 saturated heterocycles. The van der Waals surface area contributed by atoms with E-state index >= 15 is 0 Å². The third-order valence-corrected chi connectivity index (χ3v) is 1.30. The monoisotopic (exact) mass is 109 g/mol. The normalized spacial score (nSPS) is 29.1. The van der Waals surface area contributed by atoms with Gasteiger partial charge in [-0.3, -0.25) is 0 Å². The first-order valence-electron chi connectivity index (χ1n) is 2.87. The van der Waals surface area contributed by atoms with Crippen molar-refractivity contribution in [3.8, 4) is 6.07 Å². The molecule has 1 rings (SSSR count). The standard InChI is InChI=1S/C6H9N2/c7-4-6-2-1-3-8-5-6/h2,6,8H,1,3,5H2. The lowest BCUT2D eigenvalue weighted by molar-refractivity contribution is 0.536. The molecule has 8 heavy (non-hydrogen) atoms. The minimum atomic E-state index is 0.156. The third-order valence-electron chi connectivity index (χ3n) is 1.30. The van der Waals surface area contributed by atoms with Gasteiger partial charge in [0.15, 0.2) is 0 Å². The molecular weight excluding hydrogens is 100 g/mol. The molecule has 0 aromatic heterocycles. The average Bonchev–Trinajstić information content (AvgIpc) is 1.90. The van der Waals surface area contributed by atoms with E-state index in [-0.39, 0.29) is 5.92 Å². The van der Waals surface area contributed by atoms with E-state index in [0.717, 1.165) is 19.5 Å². The molecule has 1 atom stereocenters. The lowest BCUT2D eigenvalue weighted by atomic mass is 10.0. The summed E-state index contributed by atoms with van der Waals surface area (Å²) in [4.78, 5) is 0. The molecule has 0 aliphatic carbocycles. The summed E-state index contributed by atoms with van der Waals surface area (Å²) in [5, 5.41) is 11.5. The molecular formula is C6H9N2. The van der Waals surface area contributed by atoms with Crippen LogP contribution in [-0.2, 0) is 0 Å². The fourth-order valence-corrected chi connectivity index (χ4v) is 0.826. The first kappa shape index (κ1) is 5.58. The molecule has 1 unspecified atom stereocenters. The highest BCUT2D eigenvalue weighted by molar-refractivity contribution is 4.97. The van der Waals surface area contributed by atoms with Gasteiger partial charge in [-0.1, -0.05) is 0 Å². The maximum Gasteiger partial charge on any atom is 0.0672 e. The molecule has 0 saturated carbocycles. The van der Waals surface area contributed by atoms with E-state index in [1.165, 1.54) is 0 Å². The lowest BCUT2D eigenvalue weighted by Crippen LogP contribution is -2.29. The van der Waals surface area contributed by atoms with E-state index in [9.17, 15) is 0 Å². The predicted octanol–water partition coefficient (Wildman–Crippen LogP) is 0.324. The predicted molar refractivity (Wildman–Crippen MR) is 30.9 cm³/mol. The highest BCUT2D eigenvalue weighted by Crippen LogP contribution is 2.05. The van der Waals surface area contributed by atoms with Gasteiger partial charge in [-0.2, -0.15) is 5.26 Å². The summed E-state index contributed by atoms with van der Waals surface area (Å²) < 4.78 is 0. The van der Waals surface area contributed by atoms with Crippen molar-refractivity contribution in [3.05, 3.63) is 6.42 Å². The fraction of sp³-hybridized carbons (Fsp3) is 0.667. The summed E-state index contributed by atoms with van der Waals surface area (Å²) in [5.41, 5.74) is 0. The number of piperidine rings is 1. The van der Waals surface area contributed by atoms with E-state index in [4.69, 9.17) is 5.26 Å². The van der Waals surface area contributed by atoms with Crippen LogP contribution in [0.15, 0.2) is 0 Å². The quantitative estimate of drug-likeness (QED) is 0.486. The van der Waals surface area contributed by atoms with E-state index < -0.39 is 0 Å². The second kappa shape index (κ2) is 2.68. The van der Waals surface area contributed by atoms with Gasteiger partial charge in [0.1, 0.15) is 0 Å². The van der Waals surface area contributed by atoms with Crippen LogP contribution in [0.3, 0.4) is 0 Å². The number of nitrogens with one attached hydrogen (secondary N) is 1. The Morgan fingerprint density at radius 3 is 3.00 bits per heavy atom. The van der Waals surface area contributed by atoms with Crippen LogP contribution >= 0.6 is 0 Å². The second-order valence-corrected chi connectivity index (χ2v) is 1.96. The minimum absolute atomic E-state index is 0.156. The summed E-state index contributed by atoms with van der Waals surface area (Å²) in [7, 11) is 0. The Bertz CT molecular complexity index is 97.6. The van der Waals surface area contributed by atoms with E-state index in [1.807, 2.05) is 0 Å². The molecule has 43 valence electrons. The lowest BCUT2D eigenvalue weighted by Gasteiger charge is -2.14. The SMILES string of the molecule is N#CC1[CH]CCNC1. The van der Waals surface area contributed by atoms with Crippen molar-refractivity contribution in [3.63, 3.8) is 0 Å². The Balaban J connectivity index is 2.25. The summed E-state index contributed by atoms with van der Waals surface area (Å²) in [5.74, 6) is 0.156. The number of hydrogen-bond acceptors (Lipinski definition) is 2. The molecule has 0 aromatic carbocycles. The molecule has 1 aliphatic rings. The number of hydrogen-bond donors (Lipinski definition) is 1. The van der Waals surface area contributed by atoms with Gasteiger partial charge in [-0.15, -0.1) is 0 Å². The fourth-order valence-electron chi connectivity index (χ4n) is 0.826. The molecule has 2 nitrogen and oxygen atoms in total. The van der Waals surface area contributed by atoms with Gasteiger partial charge in [-0.05, 0) is 19.4 Å². The smallest absolute Gasteiger partial charge is 0.0672 e. The van der Waals surface area contributed by atoms with Crippen molar-refractivity contribution in [2.75, 3.05) is 13.1 Å². The largest absolute Gasteiger partial charge is 0.315 e. The van der Waals surface area contributed by atoms with E-state index in [1.54, 1.807) is 0 Å². The van der Waals surface area contributed by atoms with Crippen molar-refractivity contribution in [2.24, 2.45) is 5.92 Å². The van der Waals surface area contributed by atoms with Gasteiger partial charge in [0.25, 0.3) is 0 Å². The van der Waals surface area contributed by atoms with Crippen molar-refractivity contribution < 1.29 is 0 Å². The number of rotatable bonds is 0. The first-order chi connectivity index (χ1) is 3.93. The van der Waals surface area contributed by atoms with Gasteiger partial charge >= 0.3 is 0 Å². The summed E-state index contributed by atoms with van der Waals surface area (Å²) in [6, 6.07) is 2.19. The maximum absolute atomic E-state index is 8.37. The number of nitrogens with zero attached hydrogens (tertiary/aromatic N) is 1. The molecule has 1 radical (unpaired) electrons. The third kappa shape index (κ3) is 1.21. The van der Waals surface area contributed by atoms with Crippen LogP contribution in [0.1, 0.15) is 6.42 Å². The van der Waals surface area contributed by atoms with Crippen molar-refractivity contribution in [2.45, 2.75) is 6.42 Å². The second-order valence-electron chi connectivity index (χ2n) is 1.96. The maximum atomic E-state index is 8.37. The molecule has 2 heteroatoms. The molecule has 0 aromatic rings. The molecule has 1 aliphatic heterocycles. The van der Waals surface area contributed by atoms with Crippen LogP contribution in [0.5, 0.6) is 0 Å². The van der Waals surface area contributed by atoms with Crippen LogP contribution in [-0.4, -0.2) is 13.1 Å².